The second-order valence-electron chi connectivity index (χ2n) is 6.39. The van der Waals surface area contributed by atoms with E-state index in [-0.39, 0.29) is 5.92 Å². The van der Waals surface area contributed by atoms with Gasteiger partial charge >= 0.3 is 6.18 Å². The van der Waals surface area contributed by atoms with Crippen LogP contribution in [-0.4, -0.2) is 22.0 Å². The third kappa shape index (κ3) is 4.04. The molecule has 26 heavy (non-hydrogen) atoms. The summed E-state index contributed by atoms with van der Waals surface area (Å²) in [5.74, 6) is -0.578. The van der Waals surface area contributed by atoms with Gasteiger partial charge in [-0.15, -0.1) is 0 Å². The molecule has 1 aromatic carbocycles. The first-order chi connectivity index (χ1) is 12.2. The number of aromatic nitrogens is 2. The summed E-state index contributed by atoms with van der Waals surface area (Å²) < 4.78 is 52.8. The van der Waals surface area contributed by atoms with Gasteiger partial charge in [-0.2, -0.15) is 13.2 Å². The van der Waals surface area contributed by atoms with E-state index in [1.165, 1.54) is 28.8 Å². The fourth-order valence-corrected chi connectivity index (χ4v) is 3.14. The monoisotopic (exact) mass is 370 g/mol. The zero-order valence-corrected chi connectivity index (χ0v) is 13.8. The minimum atomic E-state index is -4.46. The molecule has 1 aromatic heterocycles. The number of nitrogens with two attached hydrogens (primary N) is 1. The lowest BCUT2D eigenvalue weighted by Crippen LogP contribution is -2.38. The average Bonchev–Trinajstić information content (AvgIpc) is 3.00. The average molecular weight is 370 g/mol. The van der Waals surface area contributed by atoms with Crippen LogP contribution in [0.5, 0.6) is 0 Å². The summed E-state index contributed by atoms with van der Waals surface area (Å²) in [5, 5.41) is 3.04. The van der Waals surface area contributed by atoms with Crippen molar-refractivity contribution in [3.63, 3.8) is 0 Å². The van der Waals surface area contributed by atoms with Crippen molar-refractivity contribution in [1.82, 2.24) is 14.9 Å². The molecule has 1 amide bonds. The summed E-state index contributed by atoms with van der Waals surface area (Å²) in [5.41, 5.74) is 5.07. The summed E-state index contributed by atoms with van der Waals surface area (Å²) in [4.78, 5) is 15.3. The Morgan fingerprint density at radius 2 is 2.04 bits per heavy atom. The van der Waals surface area contributed by atoms with Gasteiger partial charge in [0.15, 0.2) is 5.69 Å². The number of alkyl halides is 3. The fraction of sp³-hybridized carbons (Fsp3) is 0.412. The predicted molar refractivity (Wildman–Crippen MR) is 85.4 cm³/mol. The third-order valence-corrected chi connectivity index (χ3v) is 4.48. The topological polar surface area (TPSA) is 72.9 Å². The molecule has 2 atom stereocenters. The Bertz CT molecular complexity index is 785. The molecule has 0 unspecified atom stereocenters. The van der Waals surface area contributed by atoms with Crippen LogP contribution < -0.4 is 11.1 Å². The molecule has 0 aliphatic carbocycles. The zero-order chi connectivity index (χ0) is 18.9. The quantitative estimate of drug-likeness (QED) is 0.794. The number of benzene rings is 1. The maximum absolute atomic E-state index is 13.0. The molecular formula is C17H18F4N4O. The van der Waals surface area contributed by atoms with Gasteiger partial charge in [0, 0.05) is 25.7 Å². The van der Waals surface area contributed by atoms with Crippen LogP contribution in [0.1, 0.15) is 29.5 Å². The maximum Gasteiger partial charge on any atom is 0.434 e. The van der Waals surface area contributed by atoms with E-state index in [9.17, 15) is 22.4 Å². The Morgan fingerprint density at radius 3 is 2.65 bits per heavy atom. The molecule has 0 bridgehead atoms. The molecule has 1 aliphatic rings. The van der Waals surface area contributed by atoms with Crippen molar-refractivity contribution in [2.75, 3.05) is 6.54 Å². The number of rotatable bonds is 5. The second-order valence-corrected chi connectivity index (χ2v) is 6.39. The molecule has 140 valence electrons. The van der Waals surface area contributed by atoms with Gasteiger partial charge in [-0.25, -0.2) is 9.37 Å². The molecule has 2 aromatic rings. The number of hydrogen-bond donors (Lipinski definition) is 2. The van der Waals surface area contributed by atoms with E-state index in [4.69, 9.17) is 5.73 Å². The maximum atomic E-state index is 13.0. The summed E-state index contributed by atoms with van der Waals surface area (Å²) in [6.07, 6.45) is -2.36. The van der Waals surface area contributed by atoms with Crippen molar-refractivity contribution < 1.29 is 22.4 Å². The molecule has 9 heteroatoms. The van der Waals surface area contributed by atoms with E-state index in [0.29, 0.717) is 37.3 Å². The number of nitrogens with zero attached hydrogens (tertiary/aromatic N) is 2. The molecule has 0 spiro atoms. The fourth-order valence-electron chi connectivity index (χ4n) is 3.14. The molecule has 3 N–H and O–H groups in total. The SMILES string of the molecule is NC(=O)[C@@H](NC[C@H]1CCc2nc(C(F)(F)F)cn2C1)c1ccc(F)cc1. The molecule has 0 saturated heterocycles. The van der Waals surface area contributed by atoms with Gasteiger partial charge in [-0.05, 0) is 30.0 Å². The number of amides is 1. The Balaban J connectivity index is 1.65. The first kappa shape index (κ1) is 18.4. The van der Waals surface area contributed by atoms with Crippen molar-refractivity contribution in [1.29, 1.82) is 0 Å². The van der Waals surface area contributed by atoms with Gasteiger partial charge in [-0.3, -0.25) is 4.79 Å². The van der Waals surface area contributed by atoms with E-state index in [2.05, 4.69) is 10.3 Å². The standard InChI is InChI=1S/C17H18F4N4O/c18-12-4-2-11(3-5-12)15(16(22)26)23-7-10-1-6-14-24-13(17(19,20)21)9-25(14)8-10/h2-5,9-10,15,23H,1,6-8H2,(H2,22,26)/t10-,15+/m1/s1. The highest BCUT2D eigenvalue weighted by Gasteiger charge is 2.35. The van der Waals surface area contributed by atoms with E-state index in [1.54, 1.807) is 0 Å². The van der Waals surface area contributed by atoms with Crippen LogP contribution in [-0.2, 0) is 23.9 Å². The van der Waals surface area contributed by atoms with Gasteiger partial charge in [0.05, 0.1) is 0 Å². The van der Waals surface area contributed by atoms with Gasteiger partial charge in [0.2, 0.25) is 5.91 Å². The highest BCUT2D eigenvalue weighted by molar-refractivity contribution is 5.81. The summed E-state index contributed by atoms with van der Waals surface area (Å²) >= 11 is 0. The summed E-state index contributed by atoms with van der Waals surface area (Å²) in [6.45, 7) is 0.768. The minimum absolute atomic E-state index is 0.0279. The van der Waals surface area contributed by atoms with Crippen LogP contribution in [0.3, 0.4) is 0 Å². The lowest BCUT2D eigenvalue weighted by atomic mass is 9.98. The van der Waals surface area contributed by atoms with Crippen LogP contribution >= 0.6 is 0 Å². The number of carbonyl (C=O) groups is 1. The first-order valence-corrected chi connectivity index (χ1v) is 8.15. The molecule has 1 aliphatic heterocycles. The first-order valence-electron chi connectivity index (χ1n) is 8.15. The Labute approximate surface area is 147 Å². The number of hydrogen-bond acceptors (Lipinski definition) is 3. The number of nitrogens with one attached hydrogen (secondary N) is 1. The van der Waals surface area contributed by atoms with E-state index < -0.39 is 29.6 Å². The van der Waals surface area contributed by atoms with Crippen LogP contribution in [0.25, 0.3) is 0 Å². The van der Waals surface area contributed by atoms with Gasteiger partial charge in [-0.1, -0.05) is 12.1 Å². The van der Waals surface area contributed by atoms with Crippen molar-refractivity contribution >= 4 is 5.91 Å². The molecule has 0 saturated carbocycles. The number of halogens is 4. The zero-order valence-electron chi connectivity index (χ0n) is 13.8. The van der Waals surface area contributed by atoms with Crippen molar-refractivity contribution in [2.45, 2.75) is 31.6 Å². The molecule has 3 rings (SSSR count). The summed E-state index contributed by atoms with van der Waals surface area (Å²) in [7, 11) is 0. The van der Waals surface area contributed by atoms with E-state index in [0.717, 1.165) is 6.20 Å². The van der Waals surface area contributed by atoms with Crippen molar-refractivity contribution in [2.24, 2.45) is 11.7 Å². The lowest BCUT2D eigenvalue weighted by molar-refractivity contribution is -0.141. The molecular weight excluding hydrogens is 352 g/mol. The highest BCUT2D eigenvalue weighted by atomic mass is 19.4. The largest absolute Gasteiger partial charge is 0.434 e. The normalized spacial score (nSPS) is 18.4. The number of primary amides is 1. The number of aryl methyl sites for hydroxylation is 1. The van der Waals surface area contributed by atoms with Crippen LogP contribution in [0, 0.1) is 11.7 Å². The predicted octanol–water partition coefficient (Wildman–Crippen LogP) is 2.42. The Hall–Kier alpha value is -2.42. The molecule has 0 fully saturated rings. The number of fused-ring (bicyclic) bond motifs is 1. The van der Waals surface area contributed by atoms with Gasteiger partial charge < -0.3 is 15.6 Å². The lowest BCUT2D eigenvalue weighted by Gasteiger charge is -2.26. The van der Waals surface area contributed by atoms with Crippen LogP contribution in [0.2, 0.25) is 0 Å². The third-order valence-electron chi connectivity index (χ3n) is 4.48. The Morgan fingerprint density at radius 1 is 1.35 bits per heavy atom. The number of carbonyl (C=O) groups excluding carboxylic acids is 1. The van der Waals surface area contributed by atoms with Gasteiger partial charge in [0.25, 0.3) is 0 Å². The van der Waals surface area contributed by atoms with Crippen LogP contribution in [0.4, 0.5) is 17.6 Å². The van der Waals surface area contributed by atoms with E-state index >= 15 is 0 Å². The Kier molecular flexibility index (Phi) is 4.99. The van der Waals surface area contributed by atoms with E-state index in [1.807, 2.05) is 0 Å². The van der Waals surface area contributed by atoms with Crippen molar-refractivity contribution in [3.05, 3.63) is 53.4 Å². The van der Waals surface area contributed by atoms with Crippen LogP contribution in [0.15, 0.2) is 30.5 Å². The smallest absolute Gasteiger partial charge is 0.368 e. The second kappa shape index (κ2) is 7.06. The summed E-state index contributed by atoms with van der Waals surface area (Å²) in [6, 6.07) is 4.64. The van der Waals surface area contributed by atoms with Crippen molar-refractivity contribution in [3.8, 4) is 0 Å². The minimum Gasteiger partial charge on any atom is -0.368 e. The molecule has 0 radical (unpaired) electrons. The molecule has 5 nitrogen and oxygen atoms in total. The molecule has 2 heterocycles. The number of imidazole rings is 1. The van der Waals surface area contributed by atoms with Gasteiger partial charge in [0.1, 0.15) is 17.7 Å². The highest BCUT2D eigenvalue weighted by Crippen LogP contribution is 2.30.